The van der Waals surface area contributed by atoms with Crippen LogP contribution in [0.2, 0.25) is 0 Å². The average Bonchev–Trinajstić information content (AvgIpc) is 2.84. The van der Waals surface area contributed by atoms with Crippen LogP contribution in [0.25, 0.3) is 10.8 Å². The number of carbonyl (C=O) groups excluding carboxylic acids is 1. The van der Waals surface area contributed by atoms with Crippen molar-refractivity contribution in [3.05, 3.63) is 108 Å². The first-order valence-electron chi connectivity index (χ1n) is 10.8. The molecule has 1 N–H and O–H groups in total. The van der Waals surface area contributed by atoms with Crippen LogP contribution in [0.15, 0.2) is 91.0 Å². The Morgan fingerprint density at radius 2 is 1.55 bits per heavy atom. The van der Waals surface area contributed by atoms with Crippen LogP contribution in [-0.4, -0.2) is 35.5 Å². The molecule has 4 rings (SSSR count). The third-order valence-corrected chi connectivity index (χ3v) is 5.61. The Labute approximate surface area is 192 Å². The zero-order valence-corrected chi connectivity index (χ0v) is 18.4. The Hall–Kier alpha value is -4.12. The van der Waals surface area contributed by atoms with Crippen LogP contribution in [0.3, 0.4) is 0 Å². The molecule has 0 aliphatic rings. The second-order valence-electron chi connectivity index (χ2n) is 7.93. The third kappa shape index (κ3) is 5.39. The highest BCUT2D eigenvalue weighted by Crippen LogP contribution is 2.33. The van der Waals surface area contributed by atoms with E-state index in [-0.39, 0.29) is 17.9 Å². The molecule has 0 unspecified atom stereocenters. The van der Waals surface area contributed by atoms with Gasteiger partial charge in [0.05, 0.1) is 12.0 Å². The van der Waals surface area contributed by atoms with E-state index >= 15 is 0 Å². The van der Waals surface area contributed by atoms with E-state index in [1.165, 1.54) is 0 Å². The zero-order chi connectivity index (χ0) is 23.2. The number of ether oxygens (including phenoxy) is 1. The lowest BCUT2D eigenvalue weighted by molar-refractivity contribution is -0.129. The second kappa shape index (κ2) is 10.0. The van der Waals surface area contributed by atoms with Gasteiger partial charge in [-0.15, -0.1) is 0 Å². The van der Waals surface area contributed by atoms with Gasteiger partial charge < -0.3 is 14.7 Å². The average molecular weight is 440 g/mol. The topological polar surface area (TPSA) is 66.8 Å². The summed E-state index contributed by atoms with van der Waals surface area (Å²) in [6.45, 7) is 0.585. The summed E-state index contributed by atoms with van der Waals surface area (Å²) >= 11 is 0. The minimum absolute atomic E-state index is 0.0656. The normalized spacial score (nSPS) is 10.7. The number of nitrogens with zero attached hydrogens (tertiary/aromatic N) is 1. The molecule has 0 spiro atoms. The molecule has 5 nitrogen and oxygen atoms in total. The van der Waals surface area contributed by atoms with Crippen molar-refractivity contribution in [2.75, 3.05) is 13.6 Å². The van der Waals surface area contributed by atoms with Gasteiger partial charge in [0.25, 0.3) is 0 Å². The van der Waals surface area contributed by atoms with E-state index in [1.807, 2.05) is 72.8 Å². The number of hydrogen-bond acceptors (Lipinski definition) is 3. The second-order valence-corrected chi connectivity index (χ2v) is 7.93. The maximum atomic E-state index is 13.0. The van der Waals surface area contributed by atoms with Crippen LogP contribution in [-0.2, 0) is 17.6 Å². The van der Waals surface area contributed by atoms with E-state index in [2.05, 4.69) is 0 Å². The molecule has 166 valence electrons. The summed E-state index contributed by atoms with van der Waals surface area (Å²) in [5.74, 6) is 0.0960. The lowest BCUT2D eigenvalue weighted by atomic mass is 9.97. The maximum absolute atomic E-state index is 13.0. The molecule has 0 saturated heterocycles. The lowest BCUT2D eigenvalue weighted by Gasteiger charge is -2.19. The molecule has 0 bridgehead atoms. The number of carboxylic acids is 1. The third-order valence-electron chi connectivity index (χ3n) is 5.61. The van der Waals surface area contributed by atoms with Gasteiger partial charge in [-0.25, -0.2) is 4.79 Å². The van der Waals surface area contributed by atoms with E-state index in [9.17, 15) is 14.7 Å². The van der Waals surface area contributed by atoms with Crippen molar-refractivity contribution in [1.29, 1.82) is 0 Å². The van der Waals surface area contributed by atoms with E-state index in [4.69, 9.17) is 4.74 Å². The van der Waals surface area contributed by atoms with Gasteiger partial charge in [-0.3, -0.25) is 4.79 Å². The molecule has 0 radical (unpaired) electrons. The Balaban J connectivity index is 1.61. The summed E-state index contributed by atoms with van der Waals surface area (Å²) in [4.78, 5) is 26.5. The van der Waals surface area contributed by atoms with Gasteiger partial charge in [0.15, 0.2) is 0 Å². The van der Waals surface area contributed by atoms with E-state index in [0.29, 0.717) is 29.0 Å². The van der Waals surface area contributed by atoms with Crippen LogP contribution in [0.5, 0.6) is 11.5 Å². The molecule has 0 aliphatic carbocycles. The van der Waals surface area contributed by atoms with Crippen LogP contribution >= 0.6 is 0 Å². The van der Waals surface area contributed by atoms with Gasteiger partial charge in [-0.05, 0) is 53.3 Å². The summed E-state index contributed by atoms with van der Waals surface area (Å²) in [7, 11) is 1.78. The van der Waals surface area contributed by atoms with Crippen molar-refractivity contribution in [3.8, 4) is 11.5 Å². The standard InChI is InChI=1S/C28H25NO4/c1-29(16-15-20-9-4-2-5-10-20)27(30)19-21-17-22(28(31)32)18-25-24(21)13-8-14-26(25)33-23-11-6-3-7-12-23/h2-14,17-18H,15-16,19H2,1H3,(H,31,32). The van der Waals surface area contributed by atoms with Gasteiger partial charge in [0.1, 0.15) is 11.5 Å². The van der Waals surface area contributed by atoms with Crippen LogP contribution in [0.1, 0.15) is 21.5 Å². The molecule has 5 heteroatoms. The summed E-state index contributed by atoms with van der Waals surface area (Å²) in [5, 5.41) is 11.1. The van der Waals surface area contributed by atoms with Gasteiger partial charge in [0, 0.05) is 19.0 Å². The number of aromatic carboxylic acids is 1. The highest BCUT2D eigenvalue weighted by atomic mass is 16.5. The molecule has 4 aromatic rings. The Morgan fingerprint density at radius 1 is 0.848 bits per heavy atom. The number of hydrogen-bond donors (Lipinski definition) is 1. The van der Waals surface area contributed by atoms with Crippen molar-refractivity contribution < 1.29 is 19.4 Å². The summed E-state index contributed by atoms with van der Waals surface area (Å²) in [5.41, 5.74) is 1.96. The first kappa shape index (κ1) is 22.1. The molecule has 4 aromatic carbocycles. The number of likely N-dealkylation sites (N-methyl/N-ethyl adjacent to an activating group) is 1. The fraction of sp³-hybridized carbons (Fsp3) is 0.143. The highest BCUT2D eigenvalue weighted by molar-refractivity contribution is 6.00. The molecule has 1 amide bonds. The number of fused-ring (bicyclic) bond motifs is 1. The van der Waals surface area contributed by atoms with Crippen molar-refractivity contribution in [3.63, 3.8) is 0 Å². The van der Waals surface area contributed by atoms with Crippen molar-refractivity contribution in [1.82, 2.24) is 4.90 Å². The molecule has 33 heavy (non-hydrogen) atoms. The van der Waals surface area contributed by atoms with Crippen LogP contribution in [0, 0.1) is 0 Å². The summed E-state index contributed by atoms with van der Waals surface area (Å²) < 4.78 is 6.03. The molecule has 0 fully saturated rings. The fourth-order valence-electron chi connectivity index (χ4n) is 3.77. The minimum atomic E-state index is -1.04. The van der Waals surface area contributed by atoms with E-state index in [1.54, 1.807) is 30.1 Å². The highest BCUT2D eigenvalue weighted by Gasteiger charge is 2.17. The monoisotopic (exact) mass is 439 g/mol. The van der Waals surface area contributed by atoms with Gasteiger partial charge >= 0.3 is 5.97 Å². The van der Waals surface area contributed by atoms with Gasteiger partial charge in [0.2, 0.25) is 5.91 Å². The van der Waals surface area contributed by atoms with Crippen molar-refractivity contribution >= 4 is 22.6 Å². The fourth-order valence-corrected chi connectivity index (χ4v) is 3.77. The number of benzene rings is 4. The number of carbonyl (C=O) groups is 2. The van der Waals surface area contributed by atoms with E-state index in [0.717, 1.165) is 17.4 Å². The molecular weight excluding hydrogens is 414 g/mol. The molecular formula is C28H25NO4. The van der Waals surface area contributed by atoms with Crippen molar-refractivity contribution in [2.45, 2.75) is 12.8 Å². The SMILES string of the molecule is CN(CCc1ccccc1)C(=O)Cc1cc(C(=O)O)cc2c(Oc3ccccc3)cccc12. The predicted octanol–water partition coefficient (Wildman–Crippen LogP) is 5.57. The molecule has 0 aliphatic heterocycles. The largest absolute Gasteiger partial charge is 0.478 e. The minimum Gasteiger partial charge on any atom is -0.478 e. The van der Waals surface area contributed by atoms with E-state index < -0.39 is 5.97 Å². The number of carboxylic acid groups (broad SMARTS) is 1. The maximum Gasteiger partial charge on any atom is 0.335 e. The van der Waals surface area contributed by atoms with Gasteiger partial charge in [-0.2, -0.15) is 0 Å². The van der Waals surface area contributed by atoms with Crippen molar-refractivity contribution in [2.24, 2.45) is 0 Å². The van der Waals surface area contributed by atoms with Crippen LogP contribution < -0.4 is 4.74 Å². The number of para-hydroxylation sites is 1. The number of amides is 1. The Bertz CT molecular complexity index is 1270. The zero-order valence-electron chi connectivity index (χ0n) is 18.4. The lowest BCUT2D eigenvalue weighted by Crippen LogP contribution is -2.30. The van der Waals surface area contributed by atoms with Gasteiger partial charge in [-0.1, -0.05) is 60.7 Å². The molecule has 0 saturated carbocycles. The quantitative estimate of drug-likeness (QED) is 0.390. The molecule has 0 atom stereocenters. The molecule has 0 heterocycles. The summed E-state index contributed by atoms with van der Waals surface area (Å²) in [6.07, 6.45) is 0.867. The Morgan fingerprint density at radius 3 is 2.24 bits per heavy atom. The molecule has 0 aromatic heterocycles. The first-order chi connectivity index (χ1) is 16.0. The number of rotatable bonds is 8. The summed E-state index contributed by atoms with van der Waals surface area (Å²) in [6, 6.07) is 28.1. The Kier molecular flexibility index (Phi) is 6.69. The predicted molar refractivity (Wildman–Crippen MR) is 129 cm³/mol. The van der Waals surface area contributed by atoms with Crippen LogP contribution in [0.4, 0.5) is 0 Å². The smallest absolute Gasteiger partial charge is 0.335 e. The first-order valence-corrected chi connectivity index (χ1v) is 10.8.